The molecule has 1 aromatic rings. The molecular formula is C13H19N3O. The Hall–Kier alpha value is -1.55. The monoisotopic (exact) mass is 233 g/mol. The molecule has 1 aliphatic rings. The van der Waals surface area contributed by atoms with Crippen molar-refractivity contribution in [3.8, 4) is 0 Å². The van der Waals surface area contributed by atoms with Crippen LogP contribution in [0.25, 0.3) is 0 Å². The van der Waals surface area contributed by atoms with Crippen LogP contribution in [0.4, 0.5) is 11.4 Å². The Morgan fingerprint density at radius 2 is 2.18 bits per heavy atom. The summed E-state index contributed by atoms with van der Waals surface area (Å²) in [5.41, 5.74) is 1.92. The molecule has 0 saturated carbocycles. The molecule has 2 N–H and O–H groups in total. The first-order valence-corrected chi connectivity index (χ1v) is 5.96. The van der Waals surface area contributed by atoms with Crippen LogP contribution in [0.3, 0.4) is 0 Å². The van der Waals surface area contributed by atoms with Crippen molar-refractivity contribution in [1.82, 2.24) is 5.32 Å². The van der Waals surface area contributed by atoms with Gasteiger partial charge in [0, 0.05) is 20.6 Å². The number of amides is 1. The first kappa shape index (κ1) is 11.9. The number of carbonyl (C=O) groups is 1. The molecule has 0 aromatic heterocycles. The maximum absolute atomic E-state index is 12.0. The molecular weight excluding hydrogens is 214 g/mol. The summed E-state index contributed by atoms with van der Waals surface area (Å²) >= 11 is 0. The van der Waals surface area contributed by atoms with Crippen LogP contribution in [0.5, 0.6) is 0 Å². The molecule has 0 radical (unpaired) electrons. The number of benzene rings is 1. The van der Waals surface area contributed by atoms with Crippen LogP contribution in [0.1, 0.15) is 6.42 Å². The molecule has 1 heterocycles. The molecule has 4 heteroatoms. The van der Waals surface area contributed by atoms with Crippen LogP contribution in [-0.2, 0) is 4.79 Å². The molecule has 0 aliphatic carbocycles. The second-order valence-electron chi connectivity index (χ2n) is 4.59. The Bertz CT molecular complexity index is 397. The number of nitrogens with one attached hydrogen (secondary N) is 2. The number of hydrogen-bond donors (Lipinski definition) is 2. The highest BCUT2D eigenvalue weighted by Crippen LogP contribution is 2.24. The summed E-state index contributed by atoms with van der Waals surface area (Å²) in [5.74, 6) is 0.217. The van der Waals surface area contributed by atoms with Gasteiger partial charge in [-0.15, -0.1) is 0 Å². The van der Waals surface area contributed by atoms with E-state index in [4.69, 9.17) is 0 Å². The van der Waals surface area contributed by atoms with Crippen molar-refractivity contribution >= 4 is 17.3 Å². The van der Waals surface area contributed by atoms with Crippen LogP contribution in [-0.4, -0.2) is 33.1 Å². The van der Waals surface area contributed by atoms with Crippen molar-refractivity contribution in [2.75, 3.05) is 37.4 Å². The van der Waals surface area contributed by atoms with Gasteiger partial charge >= 0.3 is 0 Å². The highest BCUT2D eigenvalue weighted by molar-refractivity contribution is 5.96. The summed E-state index contributed by atoms with van der Waals surface area (Å²) < 4.78 is 0. The van der Waals surface area contributed by atoms with E-state index in [-0.39, 0.29) is 11.8 Å². The minimum absolute atomic E-state index is 0.102. The molecule has 0 spiro atoms. The average molecular weight is 233 g/mol. The van der Waals surface area contributed by atoms with Crippen LogP contribution >= 0.6 is 0 Å². The van der Waals surface area contributed by atoms with Gasteiger partial charge in [0.25, 0.3) is 0 Å². The molecule has 92 valence electrons. The van der Waals surface area contributed by atoms with E-state index in [9.17, 15) is 4.79 Å². The lowest BCUT2D eigenvalue weighted by Gasteiger charge is -2.18. The summed E-state index contributed by atoms with van der Waals surface area (Å²) in [4.78, 5) is 14.0. The predicted octanol–water partition coefficient (Wildman–Crippen LogP) is 1.30. The molecule has 2 rings (SSSR count). The molecule has 1 aliphatic heterocycles. The van der Waals surface area contributed by atoms with Crippen molar-refractivity contribution in [3.63, 3.8) is 0 Å². The second-order valence-corrected chi connectivity index (χ2v) is 4.59. The van der Waals surface area contributed by atoms with Crippen LogP contribution in [0, 0.1) is 5.92 Å². The topological polar surface area (TPSA) is 44.4 Å². The predicted molar refractivity (Wildman–Crippen MR) is 70.4 cm³/mol. The van der Waals surface area contributed by atoms with E-state index in [1.165, 1.54) is 0 Å². The van der Waals surface area contributed by atoms with E-state index >= 15 is 0 Å². The largest absolute Gasteiger partial charge is 0.376 e. The molecule has 1 amide bonds. The van der Waals surface area contributed by atoms with E-state index in [0.29, 0.717) is 0 Å². The van der Waals surface area contributed by atoms with Gasteiger partial charge in [-0.2, -0.15) is 0 Å². The highest BCUT2D eigenvalue weighted by Gasteiger charge is 2.22. The van der Waals surface area contributed by atoms with Gasteiger partial charge in [0.2, 0.25) is 5.91 Å². The molecule has 1 saturated heterocycles. The molecule has 1 fully saturated rings. The smallest absolute Gasteiger partial charge is 0.228 e. The summed E-state index contributed by atoms with van der Waals surface area (Å²) in [6, 6.07) is 7.86. The fourth-order valence-corrected chi connectivity index (χ4v) is 2.08. The minimum atomic E-state index is 0.102. The lowest BCUT2D eigenvalue weighted by atomic mass is 10.1. The molecule has 1 atom stereocenters. The zero-order valence-corrected chi connectivity index (χ0v) is 10.4. The van der Waals surface area contributed by atoms with Gasteiger partial charge in [-0.25, -0.2) is 0 Å². The number of rotatable bonds is 3. The van der Waals surface area contributed by atoms with Crippen molar-refractivity contribution in [3.05, 3.63) is 24.3 Å². The third-order valence-electron chi connectivity index (χ3n) is 3.07. The van der Waals surface area contributed by atoms with Crippen molar-refractivity contribution in [2.24, 2.45) is 5.92 Å². The summed E-state index contributed by atoms with van der Waals surface area (Å²) in [6.07, 6.45) is 0.927. The summed E-state index contributed by atoms with van der Waals surface area (Å²) in [6.45, 7) is 1.73. The Labute approximate surface area is 102 Å². The summed E-state index contributed by atoms with van der Waals surface area (Å²) in [7, 11) is 3.95. The average Bonchev–Trinajstić information content (AvgIpc) is 2.83. The standard InChI is InChI=1S/C13H19N3O/c1-16(2)12-6-4-3-5-11(12)15-13(17)10-7-8-14-9-10/h3-6,10,14H,7-9H2,1-2H3,(H,15,17). The lowest BCUT2D eigenvalue weighted by Crippen LogP contribution is -2.25. The number of anilines is 2. The zero-order valence-electron chi connectivity index (χ0n) is 10.4. The quantitative estimate of drug-likeness (QED) is 0.827. The lowest BCUT2D eigenvalue weighted by molar-refractivity contribution is -0.119. The minimum Gasteiger partial charge on any atom is -0.376 e. The molecule has 1 aromatic carbocycles. The third-order valence-corrected chi connectivity index (χ3v) is 3.07. The Balaban J connectivity index is 2.09. The number of para-hydroxylation sites is 2. The maximum atomic E-state index is 12.0. The Morgan fingerprint density at radius 3 is 2.82 bits per heavy atom. The third kappa shape index (κ3) is 2.77. The fraction of sp³-hybridized carbons (Fsp3) is 0.462. The first-order valence-electron chi connectivity index (χ1n) is 5.96. The molecule has 4 nitrogen and oxygen atoms in total. The van der Waals surface area contributed by atoms with Gasteiger partial charge in [0.05, 0.1) is 17.3 Å². The second kappa shape index (κ2) is 5.19. The van der Waals surface area contributed by atoms with Crippen LogP contribution in [0.2, 0.25) is 0 Å². The van der Waals surface area contributed by atoms with Gasteiger partial charge < -0.3 is 15.5 Å². The first-order chi connectivity index (χ1) is 8.18. The van der Waals surface area contributed by atoms with Crippen LogP contribution in [0.15, 0.2) is 24.3 Å². The Morgan fingerprint density at radius 1 is 1.41 bits per heavy atom. The van der Waals surface area contributed by atoms with Gasteiger partial charge in [0.1, 0.15) is 0 Å². The van der Waals surface area contributed by atoms with Crippen molar-refractivity contribution in [1.29, 1.82) is 0 Å². The van der Waals surface area contributed by atoms with Crippen LogP contribution < -0.4 is 15.5 Å². The van der Waals surface area contributed by atoms with E-state index in [1.54, 1.807) is 0 Å². The van der Waals surface area contributed by atoms with E-state index in [0.717, 1.165) is 30.9 Å². The van der Waals surface area contributed by atoms with E-state index < -0.39 is 0 Å². The van der Waals surface area contributed by atoms with Gasteiger partial charge in [-0.1, -0.05) is 12.1 Å². The van der Waals surface area contributed by atoms with Crippen molar-refractivity contribution < 1.29 is 4.79 Å². The maximum Gasteiger partial charge on any atom is 0.228 e. The zero-order chi connectivity index (χ0) is 12.3. The molecule has 0 bridgehead atoms. The van der Waals surface area contributed by atoms with Gasteiger partial charge in [-0.05, 0) is 25.1 Å². The number of hydrogen-bond acceptors (Lipinski definition) is 3. The highest BCUT2D eigenvalue weighted by atomic mass is 16.1. The molecule has 1 unspecified atom stereocenters. The fourth-order valence-electron chi connectivity index (χ4n) is 2.08. The van der Waals surface area contributed by atoms with Gasteiger partial charge in [0.15, 0.2) is 0 Å². The summed E-state index contributed by atoms with van der Waals surface area (Å²) in [5, 5.41) is 6.22. The normalized spacial score (nSPS) is 19.1. The van der Waals surface area contributed by atoms with Crippen molar-refractivity contribution in [2.45, 2.75) is 6.42 Å². The SMILES string of the molecule is CN(C)c1ccccc1NC(=O)C1CCNC1. The molecule has 17 heavy (non-hydrogen) atoms. The van der Waals surface area contributed by atoms with E-state index in [1.807, 2.05) is 43.3 Å². The van der Waals surface area contributed by atoms with Gasteiger partial charge in [-0.3, -0.25) is 4.79 Å². The Kier molecular flexibility index (Phi) is 3.64. The number of nitrogens with zero attached hydrogens (tertiary/aromatic N) is 1. The van der Waals surface area contributed by atoms with E-state index in [2.05, 4.69) is 10.6 Å². The number of carbonyl (C=O) groups excluding carboxylic acids is 1.